The molecule has 0 saturated carbocycles. The number of para-hydroxylation sites is 1. The van der Waals surface area contributed by atoms with Crippen molar-refractivity contribution in [3.63, 3.8) is 0 Å². The van der Waals surface area contributed by atoms with Crippen molar-refractivity contribution >= 4 is 11.7 Å². The fourth-order valence-electron chi connectivity index (χ4n) is 3.76. The number of aromatic nitrogens is 2. The molecule has 0 spiro atoms. The molecule has 6 nitrogen and oxygen atoms in total. The number of nitrogens with zero attached hydrogens (tertiary/aromatic N) is 2. The second-order valence-corrected chi connectivity index (χ2v) is 7.11. The fourth-order valence-corrected chi connectivity index (χ4v) is 3.76. The van der Waals surface area contributed by atoms with Crippen LogP contribution in [0.1, 0.15) is 29.7 Å². The third-order valence-electron chi connectivity index (χ3n) is 5.25. The van der Waals surface area contributed by atoms with E-state index in [4.69, 9.17) is 14.6 Å². The molecule has 150 valence electrons. The Balaban J connectivity index is 1.49. The van der Waals surface area contributed by atoms with Crippen molar-refractivity contribution in [1.29, 1.82) is 0 Å². The zero-order valence-electron chi connectivity index (χ0n) is 16.8. The van der Waals surface area contributed by atoms with Gasteiger partial charge in [0.05, 0.1) is 25.6 Å². The first kappa shape index (κ1) is 19.1. The molecular weight excluding hydrogens is 366 g/mol. The molecule has 1 aliphatic carbocycles. The van der Waals surface area contributed by atoms with Crippen LogP contribution in [0.5, 0.6) is 11.5 Å². The lowest BCUT2D eigenvalue weighted by Gasteiger charge is -2.12. The van der Waals surface area contributed by atoms with Gasteiger partial charge in [0.25, 0.3) is 0 Å². The number of ether oxygens (including phenoxy) is 2. The molecule has 0 bridgehead atoms. The SMILES string of the molecule is COc1ccc(CCC(=O)Nc2c3c(nn2-c2ccccc2)CCC3)cc1OC. The van der Waals surface area contributed by atoms with Gasteiger partial charge in [0, 0.05) is 12.0 Å². The minimum Gasteiger partial charge on any atom is -0.493 e. The van der Waals surface area contributed by atoms with Gasteiger partial charge < -0.3 is 14.8 Å². The molecule has 1 aromatic heterocycles. The second kappa shape index (κ2) is 8.39. The third-order valence-corrected chi connectivity index (χ3v) is 5.25. The van der Waals surface area contributed by atoms with E-state index >= 15 is 0 Å². The van der Waals surface area contributed by atoms with Gasteiger partial charge in [-0.15, -0.1) is 0 Å². The van der Waals surface area contributed by atoms with Crippen molar-refractivity contribution in [3.8, 4) is 17.2 Å². The van der Waals surface area contributed by atoms with Crippen molar-refractivity contribution in [2.75, 3.05) is 19.5 Å². The molecule has 4 rings (SSSR count). The average molecular weight is 391 g/mol. The number of hydrogen-bond donors (Lipinski definition) is 1. The van der Waals surface area contributed by atoms with Crippen LogP contribution in [0.3, 0.4) is 0 Å². The maximum Gasteiger partial charge on any atom is 0.225 e. The van der Waals surface area contributed by atoms with Gasteiger partial charge in [0.15, 0.2) is 11.5 Å². The lowest BCUT2D eigenvalue weighted by Crippen LogP contribution is -2.16. The second-order valence-electron chi connectivity index (χ2n) is 7.11. The summed E-state index contributed by atoms with van der Waals surface area (Å²) in [4.78, 5) is 12.7. The molecule has 3 aromatic rings. The largest absolute Gasteiger partial charge is 0.493 e. The molecule has 0 saturated heterocycles. The van der Waals surface area contributed by atoms with Crippen LogP contribution in [0.25, 0.3) is 5.69 Å². The Morgan fingerprint density at radius 3 is 2.62 bits per heavy atom. The Morgan fingerprint density at radius 2 is 1.86 bits per heavy atom. The van der Waals surface area contributed by atoms with E-state index in [9.17, 15) is 4.79 Å². The van der Waals surface area contributed by atoms with Gasteiger partial charge in [0.2, 0.25) is 5.91 Å². The highest BCUT2D eigenvalue weighted by Gasteiger charge is 2.24. The van der Waals surface area contributed by atoms with Crippen LogP contribution in [-0.4, -0.2) is 29.9 Å². The van der Waals surface area contributed by atoms with Gasteiger partial charge in [-0.05, 0) is 55.5 Å². The van der Waals surface area contributed by atoms with E-state index in [-0.39, 0.29) is 5.91 Å². The number of aryl methyl sites for hydroxylation is 2. The summed E-state index contributed by atoms with van der Waals surface area (Å²) in [6.07, 6.45) is 4.00. The van der Waals surface area contributed by atoms with Crippen LogP contribution in [0.4, 0.5) is 5.82 Å². The van der Waals surface area contributed by atoms with Crippen LogP contribution >= 0.6 is 0 Å². The summed E-state index contributed by atoms with van der Waals surface area (Å²) in [5.74, 6) is 2.14. The molecule has 1 N–H and O–H groups in total. The number of rotatable bonds is 7. The van der Waals surface area contributed by atoms with Crippen LogP contribution in [0.2, 0.25) is 0 Å². The number of carbonyl (C=O) groups excluding carboxylic acids is 1. The quantitative estimate of drug-likeness (QED) is 0.662. The summed E-state index contributed by atoms with van der Waals surface area (Å²) >= 11 is 0. The summed E-state index contributed by atoms with van der Waals surface area (Å²) in [6, 6.07) is 15.7. The third kappa shape index (κ3) is 3.97. The zero-order chi connectivity index (χ0) is 20.2. The van der Waals surface area contributed by atoms with Crippen LogP contribution < -0.4 is 14.8 Å². The number of carbonyl (C=O) groups is 1. The molecule has 1 heterocycles. The molecular formula is C23H25N3O3. The van der Waals surface area contributed by atoms with Gasteiger partial charge >= 0.3 is 0 Å². The predicted molar refractivity (Wildman–Crippen MR) is 112 cm³/mol. The summed E-state index contributed by atoms with van der Waals surface area (Å²) in [5, 5.41) is 7.86. The van der Waals surface area contributed by atoms with E-state index in [1.54, 1.807) is 14.2 Å². The molecule has 1 aliphatic rings. The van der Waals surface area contributed by atoms with Gasteiger partial charge in [-0.25, -0.2) is 4.68 Å². The smallest absolute Gasteiger partial charge is 0.225 e. The molecule has 0 fully saturated rings. The number of benzene rings is 2. The molecule has 0 unspecified atom stereocenters. The van der Waals surface area contributed by atoms with Gasteiger partial charge in [-0.1, -0.05) is 24.3 Å². The highest BCUT2D eigenvalue weighted by atomic mass is 16.5. The van der Waals surface area contributed by atoms with E-state index in [1.807, 2.05) is 53.2 Å². The van der Waals surface area contributed by atoms with E-state index in [0.29, 0.717) is 24.3 Å². The number of anilines is 1. The van der Waals surface area contributed by atoms with Crippen LogP contribution in [0.15, 0.2) is 48.5 Å². The Kier molecular flexibility index (Phi) is 5.51. The van der Waals surface area contributed by atoms with Crippen molar-refractivity contribution in [2.45, 2.75) is 32.1 Å². The average Bonchev–Trinajstić information content (AvgIpc) is 3.35. The molecule has 0 radical (unpaired) electrons. The summed E-state index contributed by atoms with van der Waals surface area (Å²) in [7, 11) is 3.22. The monoisotopic (exact) mass is 391 g/mol. The van der Waals surface area contributed by atoms with Crippen molar-refractivity contribution < 1.29 is 14.3 Å². The lowest BCUT2D eigenvalue weighted by molar-refractivity contribution is -0.116. The van der Waals surface area contributed by atoms with Crippen molar-refractivity contribution in [1.82, 2.24) is 9.78 Å². The molecule has 29 heavy (non-hydrogen) atoms. The molecule has 0 aliphatic heterocycles. The number of methoxy groups -OCH3 is 2. The van der Waals surface area contributed by atoms with E-state index in [1.165, 1.54) is 0 Å². The van der Waals surface area contributed by atoms with E-state index < -0.39 is 0 Å². The normalized spacial score (nSPS) is 12.5. The molecule has 6 heteroatoms. The van der Waals surface area contributed by atoms with Crippen molar-refractivity contribution in [3.05, 3.63) is 65.4 Å². The van der Waals surface area contributed by atoms with Crippen LogP contribution in [0, 0.1) is 0 Å². The fraction of sp³-hybridized carbons (Fsp3) is 0.304. The minimum absolute atomic E-state index is 0.0217. The van der Waals surface area contributed by atoms with E-state index in [0.717, 1.165) is 47.6 Å². The van der Waals surface area contributed by atoms with Gasteiger partial charge in [0.1, 0.15) is 5.82 Å². The Bertz CT molecular complexity index is 1010. The number of amides is 1. The Hall–Kier alpha value is -3.28. The number of fused-ring (bicyclic) bond motifs is 1. The highest BCUT2D eigenvalue weighted by Crippen LogP contribution is 2.31. The topological polar surface area (TPSA) is 65.4 Å². The first-order valence-electron chi connectivity index (χ1n) is 9.86. The summed E-state index contributed by atoms with van der Waals surface area (Å²) in [5.41, 5.74) is 4.23. The van der Waals surface area contributed by atoms with Crippen molar-refractivity contribution in [2.24, 2.45) is 0 Å². The first-order valence-corrected chi connectivity index (χ1v) is 9.86. The van der Waals surface area contributed by atoms with Crippen LogP contribution in [-0.2, 0) is 24.1 Å². The maximum atomic E-state index is 12.7. The van der Waals surface area contributed by atoms with E-state index in [2.05, 4.69) is 5.32 Å². The predicted octanol–water partition coefficient (Wildman–Crippen LogP) is 3.95. The summed E-state index contributed by atoms with van der Waals surface area (Å²) < 4.78 is 12.5. The Labute approximate surface area is 170 Å². The lowest BCUT2D eigenvalue weighted by atomic mass is 10.1. The highest BCUT2D eigenvalue weighted by molar-refractivity contribution is 5.91. The Morgan fingerprint density at radius 1 is 1.07 bits per heavy atom. The number of hydrogen-bond acceptors (Lipinski definition) is 4. The number of nitrogens with one attached hydrogen (secondary N) is 1. The van der Waals surface area contributed by atoms with Gasteiger partial charge in [-0.2, -0.15) is 5.10 Å². The standard InChI is InChI=1S/C23H25N3O3/c1-28-20-13-11-16(15-21(20)29-2)12-14-22(27)24-23-18-9-6-10-19(18)25-26(23)17-7-4-3-5-8-17/h3-5,7-8,11,13,15H,6,9-10,12,14H2,1-2H3,(H,24,27). The summed E-state index contributed by atoms with van der Waals surface area (Å²) in [6.45, 7) is 0. The molecule has 0 atom stereocenters. The van der Waals surface area contributed by atoms with Gasteiger partial charge in [-0.3, -0.25) is 4.79 Å². The first-order chi connectivity index (χ1) is 14.2. The molecule has 2 aromatic carbocycles. The molecule has 1 amide bonds. The minimum atomic E-state index is -0.0217. The zero-order valence-corrected chi connectivity index (χ0v) is 16.8. The maximum absolute atomic E-state index is 12.7.